The molecule has 0 unspecified atom stereocenters. The van der Waals surface area contributed by atoms with Crippen molar-refractivity contribution in [2.24, 2.45) is 11.8 Å². The van der Waals surface area contributed by atoms with E-state index < -0.39 is 8.32 Å². The van der Waals surface area contributed by atoms with Crippen LogP contribution in [0.4, 0.5) is 0 Å². The fraction of sp³-hybridized carbons (Fsp3) is 0.517. The zero-order chi connectivity index (χ0) is 23.8. The van der Waals surface area contributed by atoms with Gasteiger partial charge in [-0.3, -0.25) is 0 Å². The van der Waals surface area contributed by atoms with Gasteiger partial charge in [0.2, 0.25) is 0 Å². The van der Waals surface area contributed by atoms with E-state index in [0.29, 0.717) is 11.8 Å². The lowest BCUT2D eigenvalue weighted by atomic mass is 9.94. The lowest BCUT2D eigenvalue weighted by Crippen LogP contribution is -2.46. The predicted octanol–water partition coefficient (Wildman–Crippen LogP) is 9.36. The summed E-state index contributed by atoms with van der Waals surface area (Å²) < 4.78 is 6.73. The van der Waals surface area contributed by atoms with Gasteiger partial charge in [-0.25, -0.2) is 0 Å². The van der Waals surface area contributed by atoms with E-state index in [1.807, 2.05) is 36.5 Å². The molecule has 0 aromatic carbocycles. The number of unbranched alkanes of at least 4 members (excludes halogenated alkanes) is 1. The molecule has 0 aromatic rings. The van der Waals surface area contributed by atoms with Crippen molar-refractivity contribution in [1.29, 1.82) is 0 Å². The van der Waals surface area contributed by atoms with Crippen LogP contribution in [0.15, 0.2) is 85.1 Å². The van der Waals surface area contributed by atoms with E-state index >= 15 is 0 Å². The second-order valence-electron chi connectivity index (χ2n) is 9.97. The van der Waals surface area contributed by atoms with Crippen molar-refractivity contribution in [2.75, 3.05) is 0 Å². The first-order valence-corrected chi connectivity index (χ1v) is 14.8. The standard InChI is InChI=1S/C29H48OSi/c1-10-11-12-13-14-15-16-17-18-19-20-21-22-23-24-25-27(4)28(26(2)3)30-31(8,9)29(5,6)7/h12-28H,10-11H2,1-9H3/b13-12+,15-14+,17-16+,19-18-,21-20-,23-22+,25-24+/t27-,28+/m0/s1. The van der Waals surface area contributed by atoms with E-state index in [1.54, 1.807) is 0 Å². The summed E-state index contributed by atoms with van der Waals surface area (Å²) in [6, 6.07) is 0. The van der Waals surface area contributed by atoms with Crippen molar-refractivity contribution in [3.63, 3.8) is 0 Å². The third-order valence-electron chi connectivity index (χ3n) is 5.64. The molecule has 0 amide bonds. The van der Waals surface area contributed by atoms with Gasteiger partial charge in [-0.2, -0.15) is 0 Å². The second-order valence-corrected chi connectivity index (χ2v) is 14.7. The molecule has 0 rings (SSSR count). The van der Waals surface area contributed by atoms with Crippen LogP contribution >= 0.6 is 0 Å². The highest BCUT2D eigenvalue weighted by Gasteiger charge is 2.40. The average Bonchev–Trinajstić information content (AvgIpc) is 2.67. The van der Waals surface area contributed by atoms with Gasteiger partial charge in [0, 0.05) is 0 Å². The maximum atomic E-state index is 6.73. The van der Waals surface area contributed by atoms with Crippen molar-refractivity contribution in [1.82, 2.24) is 0 Å². The van der Waals surface area contributed by atoms with Gasteiger partial charge in [0.25, 0.3) is 0 Å². The maximum absolute atomic E-state index is 6.73. The molecule has 0 aliphatic carbocycles. The third kappa shape index (κ3) is 14.1. The van der Waals surface area contributed by atoms with E-state index in [-0.39, 0.29) is 11.1 Å². The van der Waals surface area contributed by atoms with E-state index in [4.69, 9.17) is 4.43 Å². The highest BCUT2D eigenvalue weighted by Crippen LogP contribution is 2.39. The molecule has 0 N–H and O–H groups in total. The van der Waals surface area contributed by atoms with Crippen molar-refractivity contribution in [3.8, 4) is 0 Å². The summed E-state index contributed by atoms with van der Waals surface area (Å²) in [6.07, 6.45) is 31.8. The zero-order valence-electron chi connectivity index (χ0n) is 21.6. The highest BCUT2D eigenvalue weighted by molar-refractivity contribution is 6.74. The molecule has 0 aliphatic heterocycles. The van der Waals surface area contributed by atoms with Gasteiger partial charge >= 0.3 is 0 Å². The van der Waals surface area contributed by atoms with Crippen molar-refractivity contribution >= 4 is 8.32 Å². The fourth-order valence-electron chi connectivity index (χ4n) is 2.70. The summed E-state index contributed by atoms with van der Waals surface area (Å²) in [6.45, 7) is 20.6. The number of hydrogen-bond acceptors (Lipinski definition) is 1. The number of allylic oxidation sites excluding steroid dienone is 13. The molecule has 0 heterocycles. The average molecular weight is 441 g/mol. The Hall–Kier alpha value is -1.64. The number of hydrogen-bond donors (Lipinski definition) is 0. The van der Waals surface area contributed by atoms with Crippen LogP contribution in [-0.2, 0) is 4.43 Å². The summed E-state index contributed by atoms with van der Waals surface area (Å²) in [7, 11) is -1.77. The van der Waals surface area contributed by atoms with Crippen LogP contribution in [0.2, 0.25) is 18.1 Å². The first-order chi connectivity index (χ1) is 14.5. The monoisotopic (exact) mass is 440 g/mol. The highest BCUT2D eigenvalue weighted by atomic mass is 28.4. The Labute approximate surface area is 195 Å². The lowest BCUT2D eigenvalue weighted by molar-refractivity contribution is 0.101. The normalized spacial score (nSPS) is 16.7. The Kier molecular flexibility index (Phi) is 15.2. The van der Waals surface area contributed by atoms with Gasteiger partial charge in [-0.15, -0.1) is 0 Å². The van der Waals surface area contributed by atoms with Gasteiger partial charge < -0.3 is 4.43 Å². The molecule has 31 heavy (non-hydrogen) atoms. The minimum Gasteiger partial charge on any atom is -0.413 e. The molecule has 0 spiro atoms. The van der Waals surface area contributed by atoms with Crippen molar-refractivity contribution in [3.05, 3.63) is 85.1 Å². The Bertz CT molecular complexity index is 663. The molecule has 0 saturated carbocycles. The SMILES string of the molecule is CCC/C=C/C=C/C=C/C=C\C=C/C=C/C=C/[C@H](C)[C@H](O[Si](C)(C)C(C)(C)C)C(C)C. The molecular weight excluding hydrogens is 392 g/mol. The van der Waals surface area contributed by atoms with E-state index in [1.165, 1.54) is 6.42 Å². The summed E-state index contributed by atoms with van der Waals surface area (Å²) >= 11 is 0. The molecule has 0 aromatic heterocycles. The summed E-state index contributed by atoms with van der Waals surface area (Å²) in [5.41, 5.74) is 0. The zero-order valence-corrected chi connectivity index (χ0v) is 22.6. The fourth-order valence-corrected chi connectivity index (χ4v) is 4.22. The molecule has 174 valence electrons. The summed E-state index contributed by atoms with van der Waals surface area (Å²) in [4.78, 5) is 0. The molecule has 1 nitrogen and oxygen atoms in total. The van der Waals surface area contributed by atoms with Gasteiger partial charge in [-0.05, 0) is 36.4 Å². The molecule has 0 bridgehead atoms. The minimum atomic E-state index is -1.77. The largest absolute Gasteiger partial charge is 0.413 e. The lowest BCUT2D eigenvalue weighted by Gasteiger charge is -2.42. The van der Waals surface area contributed by atoms with Gasteiger partial charge in [0.15, 0.2) is 8.32 Å². The Balaban J connectivity index is 4.55. The second kappa shape index (κ2) is 16.1. The van der Waals surface area contributed by atoms with E-state index in [0.717, 1.165) is 6.42 Å². The Morgan fingerprint density at radius 2 is 1.13 bits per heavy atom. The Morgan fingerprint density at radius 1 is 0.710 bits per heavy atom. The molecule has 0 saturated heterocycles. The van der Waals surface area contributed by atoms with Gasteiger partial charge in [0.05, 0.1) is 6.10 Å². The van der Waals surface area contributed by atoms with Crippen molar-refractivity contribution < 1.29 is 4.43 Å². The van der Waals surface area contributed by atoms with Gasteiger partial charge in [0.1, 0.15) is 0 Å². The van der Waals surface area contributed by atoms with Gasteiger partial charge in [-0.1, -0.05) is 140 Å². The summed E-state index contributed by atoms with van der Waals surface area (Å²) in [5, 5.41) is 0.235. The molecule has 0 aliphatic rings. The van der Waals surface area contributed by atoms with Crippen LogP contribution in [0.5, 0.6) is 0 Å². The Morgan fingerprint density at radius 3 is 1.52 bits per heavy atom. The summed E-state index contributed by atoms with van der Waals surface area (Å²) in [5.74, 6) is 0.885. The van der Waals surface area contributed by atoms with Crippen molar-refractivity contribution in [2.45, 2.75) is 85.5 Å². The number of rotatable bonds is 13. The van der Waals surface area contributed by atoms with Crippen LogP contribution in [0, 0.1) is 11.8 Å². The molecule has 0 radical (unpaired) electrons. The quantitative estimate of drug-likeness (QED) is 0.205. The van der Waals surface area contributed by atoms with Crippen LogP contribution in [0.1, 0.15) is 61.3 Å². The minimum absolute atomic E-state index is 0.235. The first kappa shape index (κ1) is 29.4. The molecule has 2 atom stereocenters. The smallest absolute Gasteiger partial charge is 0.192 e. The van der Waals surface area contributed by atoms with E-state index in [2.05, 4.69) is 110 Å². The predicted molar refractivity (Wildman–Crippen MR) is 145 cm³/mol. The van der Waals surface area contributed by atoms with E-state index in [9.17, 15) is 0 Å². The molecular formula is C29H48OSi. The topological polar surface area (TPSA) is 9.23 Å². The first-order valence-electron chi connectivity index (χ1n) is 11.9. The van der Waals surface area contributed by atoms with Crippen LogP contribution in [0.25, 0.3) is 0 Å². The molecule has 0 fully saturated rings. The van der Waals surface area contributed by atoms with Crippen LogP contribution < -0.4 is 0 Å². The molecule has 2 heteroatoms. The van der Waals surface area contributed by atoms with Crippen LogP contribution in [0.3, 0.4) is 0 Å². The van der Waals surface area contributed by atoms with Crippen LogP contribution in [-0.4, -0.2) is 14.4 Å². The third-order valence-corrected chi connectivity index (χ3v) is 10.1. The maximum Gasteiger partial charge on any atom is 0.192 e.